The van der Waals surface area contributed by atoms with E-state index in [1.54, 1.807) is 0 Å². The largest absolute Gasteiger partial charge is 0.493 e. The molecule has 3 fully saturated rings. The van der Waals surface area contributed by atoms with E-state index in [-0.39, 0.29) is 11.3 Å². The predicted octanol–water partition coefficient (Wildman–Crippen LogP) is 2.71. The van der Waals surface area contributed by atoms with Crippen LogP contribution in [0.3, 0.4) is 0 Å². The molecule has 2 aliphatic heterocycles. The Balaban J connectivity index is 1.29. The zero-order valence-corrected chi connectivity index (χ0v) is 15.4. The number of rotatable bonds is 6. The van der Waals surface area contributed by atoms with Crippen molar-refractivity contribution in [2.75, 3.05) is 32.8 Å². The van der Waals surface area contributed by atoms with E-state index in [0.717, 1.165) is 44.0 Å². The highest BCUT2D eigenvalue weighted by molar-refractivity contribution is 5.86. The van der Waals surface area contributed by atoms with Gasteiger partial charge in [0.25, 0.3) is 0 Å². The Labute approximate surface area is 155 Å². The van der Waals surface area contributed by atoms with Crippen molar-refractivity contribution in [3.05, 3.63) is 30.3 Å². The van der Waals surface area contributed by atoms with Crippen molar-refractivity contribution >= 4 is 11.8 Å². The van der Waals surface area contributed by atoms with Gasteiger partial charge in [-0.3, -0.25) is 9.59 Å². The molecule has 0 aromatic heterocycles. The van der Waals surface area contributed by atoms with Gasteiger partial charge in [0.1, 0.15) is 5.75 Å². The molecular formula is C21H28N2O3. The van der Waals surface area contributed by atoms with Crippen LogP contribution >= 0.6 is 0 Å². The Morgan fingerprint density at radius 2 is 1.96 bits per heavy atom. The fourth-order valence-corrected chi connectivity index (χ4v) is 4.33. The van der Waals surface area contributed by atoms with Crippen molar-refractivity contribution in [2.45, 2.75) is 38.5 Å². The van der Waals surface area contributed by atoms with Crippen LogP contribution in [-0.4, -0.2) is 54.4 Å². The van der Waals surface area contributed by atoms with Crippen molar-refractivity contribution < 1.29 is 14.3 Å². The lowest BCUT2D eigenvalue weighted by molar-refractivity contribution is -0.146. The first kappa shape index (κ1) is 17.4. The Morgan fingerprint density at radius 1 is 1.15 bits per heavy atom. The molecule has 2 amide bonds. The van der Waals surface area contributed by atoms with Gasteiger partial charge in [-0.2, -0.15) is 0 Å². The molecule has 1 spiro atoms. The Kier molecular flexibility index (Phi) is 4.88. The molecule has 0 N–H and O–H groups in total. The number of hydrogen-bond acceptors (Lipinski definition) is 3. The third-order valence-corrected chi connectivity index (χ3v) is 6.03. The fourth-order valence-electron chi connectivity index (χ4n) is 4.33. The maximum atomic E-state index is 13.0. The highest BCUT2D eigenvalue weighted by Gasteiger charge is 2.49. The first-order chi connectivity index (χ1) is 12.7. The van der Waals surface area contributed by atoms with Crippen molar-refractivity contribution in [3.63, 3.8) is 0 Å². The lowest BCUT2D eigenvalue weighted by atomic mass is 9.78. The Bertz CT molecular complexity index is 658. The third-order valence-electron chi connectivity index (χ3n) is 6.03. The van der Waals surface area contributed by atoms with Gasteiger partial charge < -0.3 is 14.5 Å². The van der Waals surface area contributed by atoms with Gasteiger partial charge in [-0.1, -0.05) is 18.2 Å². The molecule has 140 valence electrons. The van der Waals surface area contributed by atoms with Crippen LogP contribution in [0.4, 0.5) is 0 Å². The Morgan fingerprint density at radius 3 is 2.73 bits per heavy atom. The smallest absolute Gasteiger partial charge is 0.230 e. The summed E-state index contributed by atoms with van der Waals surface area (Å²) in [6.07, 6.45) is 5.71. The average molecular weight is 356 g/mol. The molecule has 1 unspecified atom stereocenters. The number of piperidine rings is 1. The number of amides is 2. The lowest BCUT2D eigenvalue weighted by Crippen LogP contribution is -2.51. The van der Waals surface area contributed by atoms with Crippen LogP contribution in [0.2, 0.25) is 0 Å². The van der Waals surface area contributed by atoms with Gasteiger partial charge in [0.05, 0.1) is 18.4 Å². The number of likely N-dealkylation sites (tertiary alicyclic amines) is 2. The van der Waals surface area contributed by atoms with Gasteiger partial charge in [-0.15, -0.1) is 0 Å². The summed E-state index contributed by atoms with van der Waals surface area (Å²) in [5.41, 5.74) is -0.316. The number of carbonyl (C=O) groups is 2. The van der Waals surface area contributed by atoms with E-state index in [2.05, 4.69) is 4.90 Å². The summed E-state index contributed by atoms with van der Waals surface area (Å²) in [7, 11) is 0. The number of hydrogen-bond donors (Lipinski definition) is 0. The monoisotopic (exact) mass is 356 g/mol. The molecule has 1 saturated carbocycles. The van der Waals surface area contributed by atoms with E-state index in [4.69, 9.17) is 4.74 Å². The standard InChI is InChI=1S/C21H28N2O3/c24-19(9-14-26-18-5-2-1-3-6-18)23-13-11-21(16-23)10-4-12-22(20(21)25)15-17-7-8-17/h1-3,5-6,17H,4,7-16H2. The number of carbonyl (C=O) groups excluding carboxylic acids is 2. The summed E-state index contributed by atoms with van der Waals surface area (Å²) >= 11 is 0. The number of ether oxygens (including phenoxy) is 1. The molecule has 4 rings (SSSR count). The topological polar surface area (TPSA) is 49.9 Å². The fraction of sp³-hybridized carbons (Fsp3) is 0.619. The normalized spacial score (nSPS) is 25.8. The summed E-state index contributed by atoms with van der Waals surface area (Å²) in [4.78, 5) is 29.6. The molecule has 1 aromatic rings. The van der Waals surface area contributed by atoms with Crippen LogP contribution in [-0.2, 0) is 9.59 Å². The second kappa shape index (κ2) is 7.29. The summed E-state index contributed by atoms with van der Waals surface area (Å²) < 4.78 is 5.64. The third kappa shape index (κ3) is 3.71. The molecule has 2 heterocycles. The number of benzene rings is 1. The van der Waals surface area contributed by atoms with Gasteiger partial charge in [0.2, 0.25) is 11.8 Å². The van der Waals surface area contributed by atoms with Crippen molar-refractivity contribution in [3.8, 4) is 5.75 Å². The Hall–Kier alpha value is -2.04. The maximum absolute atomic E-state index is 13.0. The van der Waals surface area contributed by atoms with Crippen LogP contribution < -0.4 is 4.74 Å². The molecule has 5 nitrogen and oxygen atoms in total. The molecular weight excluding hydrogens is 328 g/mol. The molecule has 5 heteroatoms. The zero-order valence-electron chi connectivity index (χ0n) is 15.4. The van der Waals surface area contributed by atoms with Crippen LogP contribution in [0.5, 0.6) is 5.75 Å². The van der Waals surface area contributed by atoms with Crippen LogP contribution in [0.25, 0.3) is 0 Å². The molecule has 26 heavy (non-hydrogen) atoms. The summed E-state index contributed by atoms with van der Waals surface area (Å²) in [6, 6.07) is 9.57. The molecule has 1 atom stereocenters. The number of nitrogens with zero attached hydrogens (tertiary/aromatic N) is 2. The van der Waals surface area contributed by atoms with E-state index in [9.17, 15) is 9.59 Å². The van der Waals surface area contributed by atoms with Crippen molar-refractivity contribution in [1.82, 2.24) is 9.80 Å². The van der Waals surface area contributed by atoms with E-state index in [0.29, 0.717) is 32.0 Å². The second-order valence-electron chi connectivity index (χ2n) is 8.06. The van der Waals surface area contributed by atoms with Gasteiger partial charge in [0, 0.05) is 26.2 Å². The van der Waals surface area contributed by atoms with Crippen molar-refractivity contribution in [2.24, 2.45) is 11.3 Å². The lowest BCUT2D eigenvalue weighted by Gasteiger charge is -2.39. The van der Waals surface area contributed by atoms with Crippen molar-refractivity contribution in [1.29, 1.82) is 0 Å². The maximum Gasteiger partial charge on any atom is 0.230 e. The van der Waals surface area contributed by atoms with Gasteiger partial charge >= 0.3 is 0 Å². The van der Waals surface area contributed by atoms with Crippen LogP contribution in [0.1, 0.15) is 38.5 Å². The van der Waals surface area contributed by atoms with E-state index < -0.39 is 0 Å². The molecule has 3 aliphatic rings. The minimum atomic E-state index is -0.316. The summed E-state index contributed by atoms with van der Waals surface area (Å²) in [5, 5.41) is 0. The van der Waals surface area contributed by atoms with Gasteiger partial charge in [0.15, 0.2) is 0 Å². The highest BCUT2D eigenvalue weighted by atomic mass is 16.5. The minimum absolute atomic E-state index is 0.102. The predicted molar refractivity (Wildman–Crippen MR) is 98.7 cm³/mol. The quantitative estimate of drug-likeness (QED) is 0.787. The second-order valence-corrected chi connectivity index (χ2v) is 8.06. The number of para-hydroxylation sites is 1. The molecule has 2 saturated heterocycles. The highest BCUT2D eigenvalue weighted by Crippen LogP contribution is 2.41. The van der Waals surface area contributed by atoms with Gasteiger partial charge in [-0.05, 0) is 50.2 Å². The first-order valence-electron chi connectivity index (χ1n) is 9.91. The van der Waals surface area contributed by atoms with E-state index in [1.807, 2.05) is 35.2 Å². The zero-order chi connectivity index (χ0) is 18.0. The van der Waals surface area contributed by atoms with E-state index >= 15 is 0 Å². The average Bonchev–Trinajstić information content (AvgIpc) is 3.37. The molecule has 0 radical (unpaired) electrons. The molecule has 0 bridgehead atoms. The van der Waals surface area contributed by atoms with Gasteiger partial charge in [-0.25, -0.2) is 0 Å². The summed E-state index contributed by atoms with van der Waals surface area (Å²) in [5.74, 6) is 1.91. The molecule has 1 aromatic carbocycles. The SMILES string of the molecule is O=C(CCOc1ccccc1)N1CCC2(CCCN(CC3CC3)C2=O)C1. The van der Waals surface area contributed by atoms with E-state index in [1.165, 1.54) is 12.8 Å². The van der Waals surface area contributed by atoms with Crippen LogP contribution in [0, 0.1) is 11.3 Å². The minimum Gasteiger partial charge on any atom is -0.493 e. The molecule has 1 aliphatic carbocycles. The summed E-state index contributed by atoms with van der Waals surface area (Å²) in [6.45, 7) is 3.51. The van der Waals surface area contributed by atoms with Crippen LogP contribution in [0.15, 0.2) is 30.3 Å². The first-order valence-corrected chi connectivity index (χ1v) is 9.91.